The highest BCUT2D eigenvalue weighted by atomic mass is 16.5. The predicted molar refractivity (Wildman–Crippen MR) is 156 cm³/mol. The molecule has 40 heavy (non-hydrogen) atoms. The van der Waals surface area contributed by atoms with E-state index < -0.39 is 6.04 Å². The van der Waals surface area contributed by atoms with Gasteiger partial charge in [-0.05, 0) is 53.4 Å². The zero-order chi connectivity index (χ0) is 28.5. The minimum Gasteiger partial charge on any atom is -0.497 e. The average molecular weight is 539 g/mol. The van der Waals surface area contributed by atoms with Crippen molar-refractivity contribution in [2.45, 2.75) is 25.9 Å². The second kappa shape index (κ2) is 13.3. The number of ether oxygens (including phenoxy) is 3. The van der Waals surface area contributed by atoms with Crippen LogP contribution in [-0.4, -0.2) is 38.0 Å². The molecule has 4 aromatic rings. The molecule has 7 nitrogen and oxygen atoms in total. The van der Waals surface area contributed by atoms with Crippen LogP contribution in [0.3, 0.4) is 0 Å². The minimum atomic E-state index is -0.937. The molecule has 7 heteroatoms. The number of carbonyl (C=O) groups is 2. The van der Waals surface area contributed by atoms with E-state index in [2.05, 4.69) is 5.32 Å². The smallest absolute Gasteiger partial charge is 0.251 e. The van der Waals surface area contributed by atoms with Crippen LogP contribution in [0.2, 0.25) is 0 Å². The predicted octanol–water partition coefficient (Wildman–Crippen LogP) is 5.97. The van der Waals surface area contributed by atoms with Gasteiger partial charge in [0.25, 0.3) is 5.91 Å². The zero-order valence-corrected chi connectivity index (χ0v) is 23.2. The van der Waals surface area contributed by atoms with Gasteiger partial charge in [0, 0.05) is 12.6 Å². The van der Waals surface area contributed by atoms with Crippen molar-refractivity contribution < 1.29 is 23.8 Å². The van der Waals surface area contributed by atoms with Gasteiger partial charge in [-0.25, -0.2) is 0 Å². The third-order valence-electron chi connectivity index (χ3n) is 6.78. The van der Waals surface area contributed by atoms with Crippen molar-refractivity contribution in [3.05, 3.63) is 119 Å². The summed E-state index contributed by atoms with van der Waals surface area (Å²) >= 11 is 0. The van der Waals surface area contributed by atoms with Gasteiger partial charge in [0.15, 0.2) is 0 Å². The molecule has 0 heterocycles. The van der Waals surface area contributed by atoms with E-state index in [1.54, 1.807) is 49.5 Å². The Hall–Kier alpha value is -4.78. The average Bonchev–Trinajstić information content (AvgIpc) is 2.98. The summed E-state index contributed by atoms with van der Waals surface area (Å²) in [5, 5.41) is 2.99. The summed E-state index contributed by atoms with van der Waals surface area (Å²) in [6.45, 7) is 2.25. The van der Waals surface area contributed by atoms with E-state index in [4.69, 9.17) is 14.2 Å². The molecule has 0 aliphatic rings. The van der Waals surface area contributed by atoms with Crippen molar-refractivity contribution in [1.82, 2.24) is 4.90 Å². The molecular weight excluding hydrogens is 504 g/mol. The van der Waals surface area contributed by atoms with Gasteiger partial charge in [-0.2, -0.15) is 0 Å². The summed E-state index contributed by atoms with van der Waals surface area (Å²) in [6, 6.07) is 28.8. The van der Waals surface area contributed by atoms with E-state index in [9.17, 15) is 9.59 Å². The normalized spacial score (nSPS) is 11.3. The van der Waals surface area contributed by atoms with Crippen molar-refractivity contribution in [2.75, 3.05) is 26.6 Å². The molecule has 0 saturated carbocycles. The molecule has 4 aromatic carbocycles. The molecule has 1 N–H and O–H groups in total. The number of carbonyl (C=O) groups excluding carboxylic acids is 2. The third kappa shape index (κ3) is 6.80. The molecule has 0 fully saturated rings. The van der Waals surface area contributed by atoms with Crippen LogP contribution in [0.5, 0.6) is 17.2 Å². The van der Waals surface area contributed by atoms with Gasteiger partial charge in [-0.1, -0.05) is 66.7 Å². The first-order valence-electron chi connectivity index (χ1n) is 13.0. The minimum absolute atomic E-state index is 0.151. The van der Waals surface area contributed by atoms with Crippen molar-refractivity contribution in [3.63, 3.8) is 0 Å². The van der Waals surface area contributed by atoms with Crippen molar-refractivity contribution in [2.24, 2.45) is 0 Å². The van der Waals surface area contributed by atoms with Gasteiger partial charge < -0.3 is 24.4 Å². The highest BCUT2D eigenvalue weighted by Crippen LogP contribution is 2.32. The first-order chi connectivity index (χ1) is 19.4. The lowest BCUT2D eigenvalue weighted by Gasteiger charge is -2.32. The molecule has 2 amide bonds. The Balaban J connectivity index is 1.78. The van der Waals surface area contributed by atoms with Gasteiger partial charge in [0.05, 0.1) is 33.4 Å². The molecule has 0 bridgehead atoms. The first-order valence-corrected chi connectivity index (χ1v) is 13.0. The molecule has 0 saturated heterocycles. The number of benzene rings is 4. The van der Waals surface area contributed by atoms with E-state index in [1.807, 2.05) is 73.7 Å². The molecule has 0 spiro atoms. The lowest BCUT2D eigenvalue weighted by atomic mass is 10.00. The second-order valence-corrected chi connectivity index (χ2v) is 9.34. The van der Waals surface area contributed by atoms with Crippen LogP contribution in [0.4, 0.5) is 5.69 Å². The van der Waals surface area contributed by atoms with E-state index in [0.29, 0.717) is 28.5 Å². The number of aryl methyl sites for hydroxylation is 1. The number of nitrogens with zero attached hydrogens (tertiary/aromatic N) is 1. The van der Waals surface area contributed by atoms with Crippen molar-refractivity contribution >= 4 is 17.5 Å². The SMILES string of the molecule is COc1ccc(C(C(=O)Nc2ccc(OC)cc2OC)N(Cc2ccccc2C)C(=O)Cc2ccccc2)cc1. The fourth-order valence-corrected chi connectivity index (χ4v) is 4.53. The maximum Gasteiger partial charge on any atom is 0.251 e. The summed E-state index contributed by atoms with van der Waals surface area (Å²) in [4.78, 5) is 29.8. The Morgan fingerprint density at radius 3 is 2.08 bits per heavy atom. The van der Waals surface area contributed by atoms with Crippen LogP contribution >= 0.6 is 0 Å². The fraction of sp³-hybridized carbons (Fsp3) is 0.212. The van der Waals surface area contributed by atoms with Crippen LogP contribution in [0.25, 0.3) is 0 Å². The van der Waals surface area contributed by atoms with E-state index in [0.717, 1.165) is 16.7 Å². The molecule has 0 aromatic heterocycles. The van der Waals surface area contributed by atoms with Crippen LogP contribution in [0.1, 0.15) is 28.3 Å². The Morgan fingerprint density at radius 2 is 1.43 bits per heavy atom. The highest BCUT2D eigenvalue weighted by Gasteiger charge is 2.32. The number of hydrogen-bond donors (Lipinski definition) is 1. The summed E-state index contributed by atoms with van der Waals surface area (Å²) in [6.07, 6.45) is 0.151. The standard InChI is InChI=1S/C33H34N2O5/c1-23-10-8-9-13-26(23)22-35(31(36)20-24-11-6-5-7-12-24)32(25-14-16-27(38-2)17-15-25)33(37)34-29-19-18-28(39-3)21-30(29)40-4/h5-19,21,32H,20,22H2,1-4H3,(H,34,37). The van der Waals surface area contributed by atoms with Crippen LogP contribution in [0, 0.1) is 6.92 Å². The molecule has 0 aliphatic carbocycles. The number of hydrogen-bond acceptors (Lipinski definition) is 5. The lowest BCUT2D eigenvalue weighted by Crippen LogP contribution is -2.41. The number of nitrogens with one attached hydrogen (secondary N) is 1. The summed E-state index contributed by atoms with van der Waals surface area (Å²) < 4.78 is 16.2. The fourth-order valence-electron chi connectivity index (χ4n) is 4.53. The third-order valence-corrected chi connectivity index (χ3v) is 6.78. The molecular formula is C33H34N2O5. The maximum atomic E-state index is 14.1. The van der Waals surface area contributed by atoms with Crippen molar-refractivity contribution in [1.29, 1.82) is 0 Å². The Bertz CT molecular complexity index is 1440. The van der Waals surface area contributed by atoms with Gasteiger partial charge in [-0.3, -0.25) is 9.59 Å². The van der Waals surface area contributed by atoms with Crippen molar-refractivity contribution in [3.8, 4) is 17.2 Å². The van der Waals surface area contributed by atoms with Gasteiger partial charge in [0.2, 0.25) is 5.91 Å². The van der Waals surface area contributed by atoms with E-state index >= 15 is 0 Å². The summed E-state index contributed by atoms with van der Waals surface area (Å²) in [5.41, 5.74) is 3.98. The van der Waals surface area contributed by atoms with Gasteiger partial charge in [-0.15, -0.1) is 0 Å². The maximum absolute atomic E-state index is 14.1. The number of rotatable bonds is 11. The first kappa shape index (κ1) is 28.2. The van der Waals surface area contributed by atoms with Crippen LogP contribution < -0.4 is 19.5 Å². The second-order valence-electron chi connectivity index (χ2n) is 9.34. The van der Waals surface area contributed by atoms with Crippen LogP contribution in [-0.2, 0) is 22.6 Å². The molecule has 1 atom stereocenters. The Labute approximate surface area is 235 Å². The molecule has 1 unspecified atom stereocenters. The van der Waals surface area contributed by atoms with E-state index in [-0.39, 0.29) is 24.8 Å². The largest absolute Gasteiger partial charge is 0.497 e. The van der Waals surface area contributed by atoms with Crippen LogP contribution in [0.15, 0.2) is 97.1 Å². The lowest BCUT2D eigenvalue weighted by molar-refractivity contribution is -0.139. The number of amides is 2. The number of anilines is 1. The monoisotopic (exact) mass is 538 g/mol. The molecule has 4 rings (SSSR count). The number of methoxy groups -OCH3 is 3. The zero-order valence-electron chi connectivity index (χ0n) is 23.2. The highest BCUT2D eigenvalue weighted by molar-refractivity contribution is 5.99. The summed E-state index contributed by atoms with van der Waals surface area (Å²) in [7, 11) is 4.68. The Morgan fingerprint density at radius 1 is 0.775 bits per heavy atom. The van der Waals surface area contributed by atoms with E-state index in [1.165, 1.54) is 7.11 Å². The van der Waals surface area contributed by atoms with Gasteiger partial charge in [0.1, 0.15) is 23.3 Å². The molecule has 206 valence electrons. The summed E-state index contributed by atoms with van der Waals surface area (Å²) in [5.74, 6) is 1.15. The topological polar surface area (TPSA) is 77.1 Å². The van der Waals surface area contributed by atoms with Gasteiger partial charge >= 0.3 is 0 Å². The Kier molecular flexibility index (Phi) is 9.41. The molecule has 0 aliphatic heterocycles. The molecule has 0 radical (unpaired) electrons. The quantitative estimate of drug-likeness (QED) is 0.255.